The Morgan fingerprint density at radius 3 is 2.63 bits per heavy atom. The third-order valence-electron chi connectivity index (χ3n) is 8.72. The number of hydrogen-bond acceptors (Lipinski definition) is 6. The Morgan fingerprint density at radius 2 is 1.98 bits per heavy atom. The van der Waals surface area contributed by atoms with Crippen molar-refractivity contribution in [1.29, 1.82) is 0 Å². The number of amides is 1. The molecule has 2 saturated heterocycles. The van der Waals surface area contributed by atoms with E-state index in [1.54, 1.807) is 18.5 Å². The predicted octanol–water partition coefficient (Wildman–Crippen LogP) is 3.96. The van der Waals surface area contributed by atoms with Crippen molar-refractivity contribution < 1.29 is 27.8 Å². The van der Waals surface area contributed by atoms with Crippen molar-refractivity contribution in [2.24, 2.45) is 18.9 Å². The van der Waals surface area contributed by atoms with Crippen molar-refractivity contribution in [3.63, 3.8) is 0 Å². The van der Waals surface area contributed by atoms with Gasteiger partial charge >= 0.3 is 6.18 Å². The van der Waals surface area contributed by atoms with Crippen LogP contribution in [0.1, 0.15) is 51.8 Å². The zero-order valence-electron chi connectivity index (χ0n) is 23.2. The van der Waals surface area contributed by atoms with Crippen LogP contribution in [0.4, 0.5) is 18.9 Å². The SMILES string of the molecule is C[C@H]1C[C@@H](CO)CN(Cc2cc3c(c(C(F)(F)F)c2)CN(c2cccc(C4(Cc5nncn5C)COC4)c2)C3=O)C1. The van der Waals surface area contributed by atoms with Crippen molar-refractivity contribution in [1.82, 2.24) is 19.7 Å². The van der Waals surface area contributed by atoms with Crippen LogP contribution in [0, 0.1) is 11.8 Å². The van der Waals surface area contributed by atoms with Crippen LogP contribution in [0.2, 0.25) is 0 Å². The number of carbonyl (C=O) groups is 1. The Morgan fingerprint density at radius 1 is 1.17 bits per heavy atom. The van der Waals surface area contributed by atoms with Crippen LogP contribution in [0.5, 0.6) is 0 Å². The summed E-state index contributed by atoms with van der Waals surface area (Å²) in [5.74, 6) is 0.800. The molecule has 1 N–H and O–H groups in total. The number of anilines is 1. The maximum Gasteiger partial charge on any atom is 0.416 e. The quantitative estimate of drug-likeness (QED) is 0.464. The highest BCUT2D eigenvalue weighted by Crippen LogP contribution is 2.42. The van der Waals surface area contributed by atoms with Crippen molar-refractivity contribution >= 4 is 11.6 Å². The lowest BCUT2D eigenvalue weighted by molar-refractivity contribution is -0.138. The summed E-state index contributed by atoms with van der Waals surface area (Å²) in [7, 11) is 1.88. The van der Waals surface area contributed by atoms with Gasteiger partial charge in [-0.05, 0) is 59.2 Å². The number of hydrogen-bond donors (Lipinski definition) is 1. The number of aromatic nitrogens is 3. The number of ether oxygens (including phenoxy) is 1. The summed E-state index contributed by atoms with van der Waals surface area (Å²) in [5, 5.41) is 17.8. The minimum Gasteiger partial charge on any atom is -0.396 e. The molecule has 1 aromatic heterocycles. The topological polar surface area (TPSA) is 83.7 Å². The largest absolute Gasteiger partial charge is 0.416 e. The molecule has 41 heavy (non-hydrogen) atoms. The highest BCUT2D eigenvalue weighted by Gasteiger charge is 2.43. The molecule has 2 aromatic carbocycles. The molecule has 2 atom stereocenters. The number of aliphatic hydroxyl groups excluding tert-OH is 1. The molecule has 3 aromatic rings. The molecular formula is C30H34F3N5O3. The molecule has 8 nitrogen and oxygen atoms in total. The van der Waals surface area contributed by atoms with E-state index in [4.69, 9.17) is 4.74 Å². The number of carbonyl (C=O) groups excluding carboxylic acids is 1. The fraction of sp³-hybridized carbons (Fsp3) is 0.500. The Labute approximate surface area is 236 Å². The summed E-state index contributed by atoms with van der Waals surface area (Å²) >= 11 is 0. The third kappa shape index (κ3) is 5.26. The predicted molar refractivity (Wildman–Crippen MR) is 145 cm³/mol. The van der Waals surface area contributed by atoms with Gasteiger partial charge in [0.25, 0.3) is 5.91 Å². The summed E-state index contributed by atoms with van der Waals surface area (Å²) in [6, 6.07) is 10.3. The number of nitrogens with zero attached hydrogens (tertiary/aromatic N) is 5. The lowest BCUT2D eigenvalue weighted by atomic mass is 9.75. The van der Waals surface area contributed by atoms with Gasteiger partial charge in [0, 0.05) is 56.4 Å². The van der Waals surface area contributed by atoms with E-state index in [9.17, 15) is 23.1 Å². The highest BCUT2D eigenvalue weighted by molar-refractivity contribution is 6.10. The number of fused-ring (bicyclic) bond motifs is 1. The van der Waals surface area contributed by atoms with E-state index in [2.05, 4.69) is 22.0 Å². The van der Waals surface area contributed by atoms with E-state index in [0.29, 0.717) is 49.9 Å². The molecule has 4 heterocycles. The zero-order valence-corrected chi connectivity index (χ0v) is 23.2. The molecule has 218 valence electrons. The van der Waals surface area contributed by atoms with E-state index in [1.807, 2.05) is 29.8 Å². The summed E-state index contributed by atoms with van der Waals surface area (Å²) in [6.07, 6.45) is -1.47. The number of aryl methyl sites for hydroxylation is 1. The number of halogens is 3. The van der Waals surface area contributed by atoms with Gasteiger partial charge in [-0.2, -0.15) is 13.2 Å². The standard InChI is InChI=1S/C30H34F3N5O3/c1-19-6-21(15-39)13-37(11-19)12-20-7-24-25(26(8-20)30(31,32)33)14-38(28(24)40)23-5-3-4-22(9-23)29(16-41-17-29)10-27-35-34-18-36(27)2/h3-5,7-9,18-19,21,39H,6,10-17H2,1-2H3/t19-,21+/m0/s1. The molecule has 0 spiro atoms. The van der Waals surface area contributed by atoms with Crippen LogP contribution in [-0.4, -0.2) is 63.6 Å². The number of likely N-dealkylation sites (tertiary alicyclic amines) is 1. The molecule has 3 aliphatic rings. The Kier molecular flexibility index (Phi) is 7.15. The normalized spacial score (nSPS) is 22.6. The highest BCUT2D eigenvalue weighted by atomic mass is 19.4. The van der Waals surface area contributed by atoms with Crippen molar-refractivity contribution in [2.45, 2.75) is 44.4 Å². The lowest BCUT2D eigenvalue weighted by Crippen LogP contribution is -2.49. The number of piperidine rings is 1. The average Bonchev–Trinajstić information content (AvgIpc) is 3.47. The van der Waals surface area contributed by atoms with Gasteiger partial charge in [0.05, 0.1) is 25.3 Å². The van der Waals surface area contributed by atoms with Gasteiger partial charge in [0.1, 0.15) is 12.2 Å². The first-order chi connectivity index (χ1) is 19.6. The van der Waals surface area contributed by atoms with E-state index in [1.165, 1.54) is 11.0 Å². The first-order valence-electron chi connectivity index (χ1n) is 14.0. The Bertz CT molecular complexity index is 1450. The van der Waals surface area contributed by atoms with E-state index in [0.717, 1.165) is 24.4 Å². The second kappa shape index (κ2) is 10.5. The number of aliphatic hydroxyl groups is 1. The second-order valence-electron chi connectivity index (χ2n) is 12.0. The molecule has 11 heteroatoms. The second-order valence-corrected chi connectivity index (χ2v) is 12.0. The average molecular weight is 570 g/mol. The monoisotopic (exact) mass is 569 g/mol. The number of rotatable bonds is 7. The molecule has 0 unspecified atom stereocenters. The molecule has 0 saturated carbocycles. The molecule has 0 bridgehead atoms. The fourth-order valence-corrected chi connectivity index (χ4v) is 6.63. The molecule has 0 aliphatic carbocycles. The minimum atomic E-state index is -4.59. The van der Waals surface area contributed by atoms with Crippen LogP contribution in [0.3, 0.4) is 0 Å². The van der Waals surface area contributed by atoms with Gasteiger partial charge in [-0.1, -0.05) is 19.1 Å². The first-order valence-corrected chi connectivity index (χ1v) is 14.0. The smallest absolute Gasteiger partial charge is 0.396 e. The Hall–Kier alpha value is -3.28. The van der Waals surface area contributed by atoms with Crippen molar-refractivity contribution in [3.8, 4) is 0 Å². The van der Waals surface area contributed by atoms with Crippen molar-refractivity contribution in [3.05, 3.63) is 76.4 Å². The van der Waals surface area contributed by atoms with Crippen LogP contribution in [0.15, 0.2) is 42.7 Å². The first kappa shape index (κ1) is 27.9. The van der Waals surface area contributed by atoms with Crippen LogP contribution >= 0.6 is 0 Å². The van der Waals surface area contributed by atoms with E-state index < -0.39 is 17.6 Å². The van der Waals surface area contributed by atoms with Crippen LogP contribution < -0.4 is 4.90 Å². The number of alkyl halides is 3. The maximum atomic E-state index is 14.3. The third-order valence-corrected chi connectivity index (χ3v) is 8.72. The molecule has 6 rings (SSSR count). The molecular weight excluding hydrogens is 535 g/mol. The van der Waals surface area contributed by atoms with Crippen LogP contribution in [0.25, 0.3) is 0 Å². The van der Waals surface area contributed by atoms with Crippen molar-refractivity contribution in [2.75, 3.05) is 37.8 Å². The Balaban J connectivity index is 1.30. The molecule has 2 fully saturated rings. The van der Waals surface area contributed by atoms with Crippen LogP contribution in [-0.2, 0) is 42.9 Å². The van der Waals surface area contributed by atoms with Gasteiger partial charge in [-0.15, -0.1) is 10.2 Å². The minimum absolute atomic E-state index is 0.0117. The fourth-order valence-electron chi connectivity index (χ4n) is 6.63. The summed E-state index contributed by atoms with van der Waals surface area (Å²) < 4.78 is 50.4. The van der Waals surface area contributed by atoms with E-state index >= 15 is 0 Å². The van der Waals surface area contributed by atoms with Gasteiger partial charge in [-0.25, -0.2) is 0 Å². The van der Waals surface area contributed by atoms with Gasteiger partial charge in [-0.3, -0.25) is 9.69 Å². The van der Waals surface area contributed by atoms with Gasteiger partial charge in [0.15, 0.2) is 0 Å². The molecule has 1 amide bonds. The molecule has 3 aliphatic heterocycles. The summed E-state index contributed by atoms with van der Waals surface area (Å²) in [5.41, 5.74) is 0.962. The lowest BCUT2D eigenvalue weighted by Gasteiger charge is -2.42. The maximum absolute atomic E-state index is 14.3. The molecule has 0 radical (unpaired) electrons. The number of benzene rings is 2. The summed E-state index contributed by atoms with van der Waals surface area (Å²) in [6.45, 7) is 4.60. The zero-order chi connectivity index (χ0) is 28.9. The van der Waals surface area contributed by atoms with Gasteiger partial charge < -0.3 is 19.3 Å². The summed E-state index contributed by atoms with van der Waals surface area (Å²) in [4.78, 5) is 17.2. The van der Waals surface area contributed by atoms with Gasteiger partial charge in [0.2, 0.25) is 0 Å². The van der Waals surface area contributed by atoms with E-state index in [-0.39, 0.29) is 35.6 Å².